The number of carbonyl (C=O) groups is 3. The first kappa shape index (κ1) is 41.3. The van der Waals surface area contributed by atoms with E-state index in [0.717, 1.165) is 36.4 Å². The van der Waals surface area contributed by atoms with E-state index in [0.29, 0.717) is 37.3 Å². The highest BCUT2D eigenvalue weighted by Gasteiger charge is 2.37. The Hall–Kier alpha value is -4.89. The van der Waals surface area contributed by atoms with Crippen LogP contribution in [0.2, 0.25) is 0 Å². The van der Waals surface area contributed by atoms with E-state index in [-0.39, 0.29) is 24.6 Å². The van der Waals surface area contributed by atoms with E-state index in [9.17, 15) is 27.6 Å². The normalized spacial score (nSPS) is 16.1. The summed E-state index contributed by atoms with van der Waals surface area (Å²) in [6.07, 6.45) is 7.11. The Kier molecular flexibility index (Phi) is 15.5. The van der Waals surface area contributed by atoms with Gasteiger partial charge in [-0.3, -0.25) is 19.3 Å². The van der Waals surface area contributed by atoms with Crippen LogP contribution in [0.4, 0.5) is 18.9 Å². The van der Waals surface area contributed by atoms with Gasteiger partial charge in [0, 0.05) is 67.9 Å². The molecule has 1 fully saturated rings. The van der Waals surface area contributed by atoms with Crippen molar-refractivity contribution in [1.82, 2.24) is 19.6 Å². The summed E-state index contributed by atoms with van der Waals surface area (Å²) in [5.41, 5.74) is 1.51. The fourth-order valence-corrected chi connectivity index (χ4v) is 4.94. The van der Waals surface area contributed by atoms with Crippen LogP contribution in [0.15, 0.2) is 94.9 Å². The number of halogens is 3. The molecule has 0 spiro atoms. The van der Waals surface area contributed by atoms with Gasteiger partial charge >= 0.3 is 6.18 Å². The highest BCUT2D eigenvalue weighted by molar-refractivity contribution is 5.88. The lowest BCUT2D eigenvalue weighted by Crippen LogP contribution is -2.55. The van der Waals surface area contributed by atoms with Crippen molar-refractivity contribution in [1.29, 1.82) is 5.26 Å². The summed E-state index contributed by atoms with van der Waals surface area (Å²) in [4.78, 5) is 45.2. The molecular formula is C38H49F3N6O3. The second-order valence-corrected chi connectivity index (χ2v) is 12.8. The van der Waals surface area contributed by atoms with E-state index in [1.54, 1.807) is 20.8 Å². The van der Waals surface area contributed by atoms with E-state index in [4.69, 9.17) is 5.26 Å². The zero-order valence-electron chi connectivity index (χ0n) is 30.3. The fourth-order valence-electron chi connectivity index (χ4n) is 4.94. The molecule has 1 N–H and O–H groups in total. The first-order chi connectivity index (χ1) is 23.4. The number of rotatable bonds is 15. The van der Waals surface area contributed by atoms with Crippen LogP contribution in [0.1, 0.15) is 53.5 Å². The number of carbonyl (C=O) groups excluding carboxylic acids is 3. The lowest BCUT2D eigenvalue weighted by molar-refractivity contribution is -0.144. The predicted molar refractivity (Wildman–Crippen MR) is 191 cm³/mol. The summed E-state index contributed by atoms with van der Waals surface area (Å²) in [5, 5.41) is 12.6. The minimum absolute atomic E-state index is 0.0573. The van der Waals surface area contributed by atoms with Crippen LogP contribution in [0.3, 0.4) is 0 Å². The molecule has 0 atom stereocenters. The summed E-state index contributed by atoms with van der Waals surface area (Å²) in [7, 11) is 3.36. The molecule has 1 aliphatic heterocycles. The van der Waals surface area contributed by atoms with Crippen molar-refractivity contribution in [3.8, 4) is 6.07 Å². The number of allylic oxidation sites excluding steroid dienone is 9. The Morgan fingerprint density at radius 2 is 1.74 bits per heavy atom. The quantitative estimate of drug-likeness (QED) is 0.0947. The second-order valence-electron chi connectivity index (χ2n) is 12.8. The van der Waals surface area contributed by atoms with Crippen molar-refractivity contribution in [2.45, 2.75) is 66.2 Å². The van der Waals surface area contributed by atoms with Gasteiger partial charge in [-0.25, -0.2) is 0 Å². The SMILES string of the molecule is C\C=C/C=C\C(Nc1ccc(CN2CCN(C)CC2=O)cc1)=C(/C)CN(C=O)C(C)(C)C(=O)N(C)/C(=C/C=C(\C)C#N)C/C=C(\C)C(F)(F)F. The molecule has 0 aliphatic carbocycles. The number of nitrogens with one attached hydrogen (secondary N) is 1. The summed E-state index contributed by atoms with van der Waals surface area (Å²) in [6.45, 7) is 11.8. The number of piperazine rings is 1. The summed E-state index contributed by atoms with van der Waals surface area (Å²) >= 11 is 0. The van der Waals surface area contributed by atoms with Gasteiger partial charge in [0.15, 0.2) is 0 Å². The maximum atomic E-state index is 13.9. The molecule has 1 saturated heterocycles. The molecule has 12 heteroatoms. The largest absolute Gasteiger partial charge is 0.412 e. The Bertz CT molecular complexity index is 1590. The number of amides is 3. The number of nitriles is 1. The number of benzene rings is 1. The van der Waals surface area contributed by atoms with Crippen LogP contribution in [0.5, 0.6) is 0 Å². The minimum atomic E-state index is -4.52. The van der Waals surface area contributed by atoms with Gasteiger partial charge in [0.05, 0.1) is 12.6 Å². The molecule has 3 amide bonds. The molecule has 1 aliphatic rings. The van der Waals surface area contributed by atoms with Gasteiger partial charge in [-0.05, 0) is 90.1 Å². The Morgan fingerprint density at radius 1 is 1.08 bits per heavy atom. The van der Waals surface area contributed by atoms with Crippen molar-refractivity contribution in [3.05, 3.63) is 100 Å². The third-order valence-corrected chi connectivity index (χ3v) is 8.42. The molecule has 2 rings (SSSR count). The van der Waals surface area contributed by atoms with Crippen LogP contribution < -0.4 is 5.32 Å². The standard InChI is InChI=1S/C38H49F3N6O3/c1-9-10-11-12-34(43-32-17-15-31(16-18-32)25-46-22-21-44(7)26-35(46)49)29(3)24-47(27-48)37(5,6)36(50)45(8)33(19-13-28(2)23-42)20-14-30(4)38(39,40)41/h9-19,27,43H,20-22,24-26H2,1-8H3/b10-9-,12-11-,28-13+,30-14+,33-19+,34-29-. The van der Waals surface area contributed by atoms with Gasteiger partial charge in [-0.2, -0.15) is 18.4 Å². The molecule has 50 heavy (non-hydrogen) atoms. The van der Waals surface area contributed by atoms with Crippen LogP contribution in [-0.4, -0.2) is 89.8 Å². The molecule has 1 aromatic carbocycles. The lowest BCUT2D eigenvalue weighted by Gasteiger charge is -2.38. The van der Waals surface area contributed by atoms with E-state index >= 15 is 0 Å². The van der Waals surface area contributed by atoms with Crippen molar-refractivity contribution in [3.63, 3.8) is 0 Å². The Balaban J connectivity index is 2.36. The second kappa shape index (κ2) is 18.8. The molecule has 0 saturated carbocycles. The van der Waals surface area contributed by atoms with E-state index in [1.807, 2.05) is 85.3 Å². The number of anilines is 1. The molecule has 9 nitrogen and oxygen atoms in total. The molecule has 0 radical (unpaired) electrons. The summed E-state index contributed by atoms with van der Waals surface area (Å²) in [5.74, 6) is -0.437. The van der Waals surface area contributed by atoms with Gasteiger partial charge < -0.3 is 20.0 Å². The summed E-state index contributed by atoms with van der Waals surface area (Å²) < 4.78 is 39.7. The molecule has 0 aromatic heterocycles. The fraction of sp³-hybridized carbons (Fsp3) is 0.421. The van der Waals surface area contributed by atoms with Gasteiger partial charge in [-0.15, -0.1) is 0 Å². The summed E-state index contributed by atoms with van der Waals surface area (Å²) in [6, 6.07) is 9.69. The molecular weight excluding hydrogens is 645 g/mol. The van der Waals surface area contributed by atoms with Crippen LogP contribution in [0, 0.1) is 11.3 Å². The molecule has 0 bridgehead atoms. The number of nitrogens with zero attached hydrogens (tertiary/aromatic N) is 5. The predicted octanol–water partition coefficient (Wildman–Crippen LogP) is 6.73. The van der Waals surface area contributed by atoms with Gasteiger partial charge in [0.2, 0.25) is 12.3 Å². The monoisotopic (exact) mass is 694 g/mol. The smallest absolute Gasteiger partial charge is 0.356 e. The van der Waals surface area contributed by atoms with Gasteiger partial charge in [0.25, 0.3) is 5.91 Å². The van der Waals surface area contributed by atoms with Crippen molar-refractivity contribution in [2.24, 2.45) is 0 Å². The highest BCUT2D eigenvalue weighted by atomic mass is 19.4. The van der Waals surface area contributed by atoms with E-state index in [2.05, 4.69) is 5.32 Å². The van der Waals surface area contributed by atoms with Crippen molar-refractivity contribution < 1.29 is 27.6 Å². The zero-order chi connectivity index (χ0) is 37.6. The Morgan fingerprint density at radius 3 is 2.30 bits per heavy atom. The zero-order valence-corrected chi connectivity index (χ0v) is 30.3. The maximum absolute atomic E-state index is 13.9. The Labute approximate surface area is 294 Å². The number of hydrogen-bond donors (Lipinski definition) is 1. The van der Waals surface area contributed by atoms with Crippen molar-refractivity contribution >= 4 is 23.9 Å². The first-order valence-corrected chi connectivity index (χ1v) is 16.3. The van der Waals surface area contributed by atoms with E-state index in [1.165, 1.54) is 29.0 Å². The molecule has 0 unspecified atom stereocenters. The molecule has 1 aromatic rings. The minimum Gasteiger partial charge on any atom is -0.356 e. The number of hydrogen-bond acceptors (Lipinski definition) is 6. The average Bonchev–Trinajstić information content (AvgIpc) is 3.07. The van der Waals surface area contributed by atoms with Crippen LogP contribution in [-0.2, 0) is 20.9 Å². The van der Waals surface area contributed by atoms with Gasteiger partial charge in [-0.1, -0.05) is 36.4 Å². The lowest BCUT2D eigenvalue weighted by atomic mass is 9.99. The maximum Gasteiger partial charge on any atom is 0.412 e. The number of alkyl halides is 3. The number of likely N-dealkylation sites (N-methyl/N-ethyl adjacent to an activating group) is 2. The molecule has 1 heterocycles. The third kappa shape index (κ3) is 12.2. The van der Waals surface area contributed by atoms with Crippen LogP contribution in [0.25, 0.3) is 0 Å². The topological polar surface area (TPSA) is 100.0 Å². The third-order valence-electron chi connectivity index (χ3n) is 8.42. The van der Waals surface area contributed by atoms with E-state index < -0.39 is 23.2 Å². The van der Waals surface area contributed by atoms with Gasteiger partial charge in [0.1, 0.15) is 5.54 Å². The highest BCUT2D eigenvalue weighted by Crippen LogP contribution is 2.28. The first-order valence-electron chi connectivity index (χ1n) is 16.3. The van der Waals surface area contributed by atoms with Crippen molar-refractivity contribution in [2.75, 3.05) is 45.6 Å². The van der Waals surface area contributed by atoms with Crippen LogP contribution >= 0.6 is 0 Å². The molecule has 270 valence electrons. The average molecular weight is 695 g/mol.